The zero-order valence-corrected chi connectivity index (χ0v) is 5.82. The quantitative estimate of drug-likeness (QED) is 0.393. The van der Waals surface area contributed by atoms with Crippen molar-refractivity contribution in [2.45, 2.75) is 18.0 Å². The summed E-state index contributed by atoms with van der Waals surface area (Å²) in [5, 5.41) is 2.24. The van der Waals surface area contributed by atoms with Crippen LogP contribution >= 0.6 is 0 Å². The predicted molar refractivity (Wildman–Crippen MR) is 32.9 cm³/mol. The Labute approximate surface area is 58.2 Å². The first kappa shape index (κ1) is 6.49. The second kappa shape index (κ2) is 1.51. The Morgan fingerprint density at radius 2 is 2.10 bits per heavy atom. The molecule has 0 aromatic heterocycles. The van der Waals surface area contributed by atoms with Gasteiger partial charge in [0.05, 0.1) is 0 Å². The maximum atomic E-state index is 12.5. The molecule has 1 spiro atoms. The van der Waals surface area contributed by atoms with E-state index in [0.717, 1.165) is 6.54 Å². The maximum absolute atomic E-state index is 12.5. The first-order valence-corrected chi connectivity index (χ1v) is 3.41. The second-order valence-corrected chi connectivity index (χ2v) is 3.27. The Bertz CT molecular complexity index is 171. The molecule has 1 unspecified atom stereocenters. The Morgan fingerprint density at radius 1 is 1.50 bits per heavy atom. The molecule has 10 heavy (non-hydrogen) atoms. The van der Waals surface area contributed by atoms with Crippen molar-refractivity contribution < 1.29 is 8.78 Å². The summed E-state index contributed by atoms with van der Waals surface area (Å²) in [5.74, 6) is 0. The zero-order chi connectivity index (χ0) is 7.41. The number of halogens is 2. The second-order valence-electron chi connectivity index (χ2n) is 3.27. The Morgan fingerprint density at radius 3 is 2.30 bits per heavy atom. The van der Waals surface area contributed by atoms with Crippen LogP contribution in [0.25, 0.3) is 0 Å². The molecule has 2 fully saturated rings. The standard InChI is InChI=1S/C6H10F2N2/c1-10-3-2-5(4-10)6(7,8)9-5/h9H,2-4H2,1H3. The number of likely N-dealkylation sites (N-methyl/N-ethyl adjacent to an activating group) is 1. The summed E-state index contributed by atoms with van der Waals surface area (Å²) in [6, 6.07) is -2.59. The van der Waals surface area contributed by atoms with Crippen LogP contribution in [0.2, 0.25) is 0 Å². The van der Waals surface area contributed by atoms with Gasteiger partial charge in [-0.25, -0.2) is 5.32 Å². The van der Waals surface area contributed by atoms with Gasteiger partial charge in [-0.05, 0) is 13.5 Å². The number of likely N-dealkylation sites (tertiary alicyclic amines) is 1. The van der Waals surface area contributed by atoms with Crippen LogP contribution < -0.4 is 5.32 Å². The van der Waals surface area contributed by atoms with Crippen LogP contribution in [0.3, 0.4) is 0 Å². The minimum atomic E-state index is -2.59. The number of nitrogens with zero attached hydrogens (tertiary/aromatic N) is 1. The summed E-state index contributed by atoms with van der Waals surface area (Å²) in [5.41, 5.74) is -0.845. The maximum Gasteiger partial charge on any atom is 0.322 e. The lowest BCUT2D eigenvalue weighted by molar-refractivity contribution is 0.0840. The molecule has 4 heteroatoms. The lowest BCUT2D eigenvalue weighted by Crippen LogP contribution is -2.24. The monoisotopic (exact) mass is 148 g/mol. The van der Waals surface area contributed by atoms with Gasteiger partial charge < -0.3 is 4.90 Å². The number of hydrogen-bond donors (Lipinski definition) is 1. The van der Waals surface area contributed by atoms with Crippen LogP contribution in [0.4, 0.5) is 8.78 Å². The molecular weight excluding hydrogens is 138 g/mol. The van der Waals surface area contributed by atoms with E-state index in [1.165, 1.54) is 0 Å². The van der Waals surface area contributed by atoms with E-state index in [0.29, 0.717) is 13.0 Å². The van der Waals surface area contributed by atoms with Gasteiger partial charge in [0, 0.05) is 13.1 Å². The van der Waals surface area contributed by atoms with Crippen molar-refractivity contribution in [3.8, 4) is 0 Å². The van der Waals surface area contributed by atoms with E-state index in [9.17, 15) is 8.78 Å². The summed E-state index contributed by atoms with van der Waals surface area (Å²) in [6.45, 7) is 1.27. The molecule has 0 aromatic carbocycles. The van der Waals surface area contributed by atoms with E-state index in [1.807, 2.05) is 11.9 Å². The molecule has 2 rings (SSSR count). The molecule has 2 aliphatic heterocycles. The highest BCUT2D eigenvalue weighted by atomic mass is 19.3. The third-order valence-corrected chi connectivity index (χ3v) is 2.39. The van der Waals surface area contributed by atoms with E-state index in [-0.39, 0.29) is 0 Å². The Kier molecular flexibility index (Phi) is 0.978. The van der Waals surface area contributed by atoms with Crippen LogP contribution in [0.15, 0.2) is 0 Å². The van der Waals surface area contributed by atoms with E-state index >= 15 is 0 Å². The number of rotatable bonds is 0. The van der Waals surface area contributed by atoms with Gasteiger partial charge in [0.25, 0.3) is 0 Å². The lowest BCUT2D eigenvalue weighted by Gasteiger charge is -2.05. The van der Waals surface area contributed by atoms with E-state index < -0.39 is 11.6 Å². The molecule has 1 atom stereocenters. The number of hydrogen-bond acceptors (Lipinski definition) is 2. The summed E-state index contributed by atoms with van der Waals surface area (Å²) < 4.78 is 25.1. The number of alkyl halides is 2. The first-order valence-electron chi connectivity index (χ1n) is 3.41. The SMILES string of the molecule is CN1CCC2(C1)NC2(F)F. The highest BCUT2D eigenvalue weighted by Gasteiger charge is 2.72. The molecule has 2 saturated heterocycles. The molecule has 2 aliphatic rings. The lowest BCUT2D eigenvalue weighted by atomic mass is 10.1. The topological polar surface area (TPSA) is 25.2 Å². The molecule has 0 saturated carbocycles. The zero-order valence-electron chi connectivity index (χ0n) is 5.82. The normalized spacial score (nSPS) is 44.7. The van der Waals surface area contributed by atoms with Gasteiger partial charge in [0.1, 0.15) is 5.54 Å². The largest absolute Gasteiger partial charge is 0.322 e. The smallest absolute Gasteiger partial charge is 0.304 e. The molecule has 2 heterocycles. The fraction of sp³-hybridized carbons (Fsp3) is 1.00. The molecule has 0 aliphatic carbocycles. The van der Waals surface area contributed by atoms with Gasteiger partial charge in [-0.1, -0.05) is 0 Å². The molecule has 1 N–H and O–H groups in total. The van der Waals surface area contributed by atoms with Gasteiger partial charge in [0.2, 0.25) is 0 Å². The van der Waals surface area contributed by atoms with Crippen molar-refractivity contribution in [2.75, 3.05) is 20.1 Å². The van der Waals surface area contributed by atoms with Crippen molar-refractivity contribution in [3.63, 3.8) is 0 Å². The van der Waals surface area contributed by atoms with E-state index in [2.05, 4.69) is 5.32 Å². The fourth-order valence-corrected chi connectivity index (χ4v) is 1.63. The van der Waals surface area contributed by atoms with Crippen LogP contribution in [-0.2, 0) is 0 Å². The highest BCUT2D eigenvalue weighted by molar-refractivity contribution is 5.18. The average molecular weight is 148 g/mol. The molecule has 0 amide bonds. The van der Waals surface area contributed by atoms with Crippen LogP contribution in [0.5, 0.6) is 0 Å². The third kappa shape index (κ3) is 0.632. The van der Waals surface area contributed by atoms with Crippen LogP contribution in [-0.4, -0.2) is 36.6 Å². The average Bonchev–Trinajstić information content (AvgIpc) is 2.20. The summed E-state index contributed by atoms with van der Waals surface area (Å²) in [4.78, 5) is 1.92. The summed E-state index contributed by atoms with van der Waals surface area (Å²) in [7, 11) is 1.87. The van der Waals surface area contributed by atoms with Crippen LogP contribution in [0.1, 0.15) is 6.42 Å². The molecule has 0 aromatic rings. The highest BCUT2D eigenvalue weighted by Crippen LogP contribution is 2.47. The summed E-state index contributed by atoms with van der Waals surface area (Å²) >= 11 is 0. The van der Waals surface area contributed by atoms with Crippen molar-refractivity contribution in [1.29, 1.82) is 0 Å². The van der Waals surface area contributed by atoms with Gasteiger partial charge in [0.15, 0.2) is 0 Å². The van der Waals surface area contributed by atoms with Gasteiger partial charge in [-0.3, -0.25) is 0 Å². The van der Waals surface area contributed by atoms with Gasteiger partial charge in [-0.2, -0.15) is 8.78 Å². The van der Waals surface area contributed by atoms with Gasteiger partial charge in [-0.15, -0.1) is 0 Å². The third-order valence-electron chi connectivity index (χ3n) is 2.39. The van der Waals surface area contributed by atoms with E-state index in [1.54, 1.807) is 0 Å². The fourth-order valence-electron chi connectivity index (χ4n) is 1.63. The van der Waals surface area contributed by atoms with Crippen molar-refractivity contribution in [1.82, 2.24) is 10.2 Å². The predicted octanol–water partition coefficient (Wildman–Crippen LogP) is 0.257. The minimum Gasteiger partial charge on any atom is -0.304 e. The minimum absolute atomic E-state index is 0.486. The Hall–Kier alpha value is -0.220. The van der Waals surface area contributed by atoms with Crippen molar-refractivity contribution in [2.24, 2.45) is 0 Å². The molecule has 2 nitrogen and oxygen atoms in total. The number of nitrogens with one attached hydrogen (secondary N) is 1. The van der Waals surface area contributed by atoms with Crippen molar-refractivity contribution >= 4 is 0 Å². The van der Waals surface area contributed by atoms with Crippen molar-refractivity contribution in [3.05, 3.63) is 0 Å². The summed E-state index contributed by atoms with van der Waals surface area (Å²) in [6.07, 6.45) is 0.580. The molecule has 0 bridgehead atoms. The Balaban J connectivity index is 2.09. The molecule has 58 valence electrons. The molecular formula is C6H10F2N2. The van der Waals surface area contributed by atoms with Gasteiger partial charge >= 0.3 is 6.05 Å². The molecule has 0 radical (unpaired) electrons. The van der Waals surface area contributed by atoms with E-state index in [4.69, 9.17) is 0 Å². The van der Waals surface area contributed by atoms with Crippen LogP contribution in [0, 0.1) is 0 Å². The first-order chi connectivity index (χ1) is 4.56.